The number of hydrogen-bond donors (Lipinski definition) is 3. The molecule has 0 atom stereocenters. The molecule has 4 heterocycles. The number of nitrogens with zero attached hydrogens (tertiary/aromatic N) is 4. The molecular weight excluding hydrogens is 517 g/mol. The van der Waals surface area contributed by atoms with E-state index in [0.29, 0.717) is 22.9 Å². The quantitative estimate of drug-likeness (QED) is 0.222. The Labute approximate surface area is 233 Å². The first kappa shape index (κ1) is 24.3. The zero-order valence-corrected chi connectivity index (χ0v) is 21.6. The van der Waals surface area contributed by atoms with Crippen LogP contribution in [0.4, 0.5) is 10.1 Å². The maximum absolute atomic E-state index is 13.5. The van der Waals surface area contributed by atoms with E-state index in [4.69, 9.17) is 4.98 Å². The summed E-state index contributed by atoms with van der Waals surface area (Å²) in [4.78, 5) is 29.4. The molecule has 0 spiro atoms. The molecule has 7 rings (SSSR count). The fourth-order valence-corrected chi connectivity index (χ4v) is 4.92. The number of carbonyl (C=O) groups is 1. The number of nitrogens with one attached hydrogen (secondary N) is 3. The van der Waals surface area contributed by atoms with Gasteiger partial charge in [0.25, 0.3) is 0 Å². The van der Waals surface area contributed by atoms with E-state index in [0.717, 1.165) is 44.2 Å². The molecule has 198 valence electrons. The number of benzene rings is 3. The van der Waals surface area contributed by atoms with Crippen LogP contribution in [0.3, 0.4) is 0 Å². The lowest BCUT2D eigenvalue weighted by Crippen LogP contribution is -2.14. The number of imidazole rings is 1. The number of halogens is 1. The average Bonchev–Trinajstić information content (AvgIpc) is 3.62. The Balaban J connectivity index is 1.21. The van der Waals surface area contributed by atoms with Crippen LogP contribution >= 0.6 is 0 Å². The highest BCUT2D eigenvalue weighted by molar-refractivity contribution is 5.98. The molecule has 0 fully saturated rings. The molecule has 0 radical (unpaired) electrons. The number of fused-ring (bicyclic) bond motifs is 2. The summed E-state index contributed by atoms with van der Waals surface area (Å²) in [7, 11) is 0. The van der Waals surface area contributed by atoms with Gasteiger partial charge in [0, 0.05) is 28.9 Å². The Morgan fingerprint density at radius 1 is 0.878 bits per heavy atom. The number of aromatic amines is 2. The topological polar surface area (TPSA) is 112 Å². The molecule has 0 aliphatic heterocycles. The molecule has 0 bridgehead atoms. The third-order valence-electron chi connectivity index (χ3n) is 6.90. The van der Waals surface area contributed by atoms with Gasteiger partial charge in [-0.25, -0.2) is 14.4 Å². The zero-order valence-electron chi connectivity index (χ0n) is 21.6. The van der Waals surface area contributed by atoms with E-state index >= 15 is 0 Å². The Morgan fingerprint density at radius 2 is 1.71 bits per heavy atom. The highest BCUT2D eigenvalue weighted by Gasteiger charge is 2.17. The number of rotatable bonds is 6. The average molecular weight is 540 g/mol. The minimum Gasteiger partial charge on any atom is -0.335 e. The first-order chi connectivity index (χ1) is 20.1. The summed E-state index contributed by atoms with van der Waals surface area (Å²) in [6.45, 7) is 0. The van der Waals surface area contributed by atoms with Crippen molar-refractivity contribution in [2.24, 2.45) is 0 Å². The smallest absolute Gasteiger partial charge is 0.228 e. The van der Waals surface area contributed by atoms with E-state index in [-0.39, 0.29) is 18.1 Å². The molecule has 3 N–H and O–H groups in total. The van der Waals surface area contributed by atoms with Gasteiger partial charge in [-0.2, -0.15) is 5.10 Å². The normalized spacial score (nSPS) is 11.2. The summed E-state index contributed by atoms with van der Waals surface area (Å²) in [5.74, 6) is 0.158. The van der Waals surface area contributed by atoms with Crippen molar-refractivity contribution in [3.05, 3.63) is 115 Å². The van der Waals surface area contributed by atoms with Crippen LogP contribution in [-0.4, -0.2) is 36.0 Å². The van der Waals surface area contributed by atoms with E-state index in [1.807, 2.05) is 60.7 Å². The molecular formula is C32H22FN7O. The SMILES string of the molecule is O=C(Cc1ccccc1)Nc1cncc(-c2ccc3[nH]nc(-c4nc5nccc(-c6ccc(F)cc6)c5[nH]4)c3c2)c1. The molecule has 0 unspecified atom stereocenters. The van der Waals surface area contributed by atoms with Crippen LogP contribution in [-0.2, 0) is 11.2 Å². The van der Waals surface area contributed by atoms with E-state index < -0.39 is 0 Å². The van der Waals surface area contributed by atoms with Crippen molar-refractivity contribution in [3.8, 4) is 33.8 Å². The third-order valence-corrected chi connectivity index (χ3v) is 6.90. The second-order valence-electron chi connectivity index (χ2n) is 9.65. The van der Waals surface area contributed by atoms with Gasteiger partial charge < -0.3 is 10.3 Å². The molecule has 41 heavy (non-hydrogen) atoms. The van der Waals surface area contributed by atoms with Gasteiger partial charge in [0.1, 0.15) is 11.5 Å². The van der Waals surface area contributed by atoms with Gasteiger partial charge in [0.15, 0.2) is 11.5 Å². The van der Waals surface area contributed by atoms with Gasteiger partial charge in [-0.1, -0.05) is 48.5 Å². The van der Waals surface area contributed by atoms with Gasteiger partial charge in [-0.3, -0.25) is 14.9 Å². The van der Waals surface area contributed by atoms with Crippen molar-refractivity contribution in [2.75, 3.05) is 5.32 Å². The Morgan fingerprint density at radius 3 is 2.56 bits per heavy atom. The number of amides is 1. The van der Waals surface area contributed by atoms with Crippen LogP contribution in [0, 0.1) is 5.82 Å². The third kappa shape index (κ3) is 4.80. The van der Waals surface area contributed by atoms with Crippen LogP contribution in [0.5, 0.6) is 0 Å². The monoisotopic (exact) mass is 539 g/mol. The van der Waals surface area contributed by atoms with E-state index in [1.54, 1.807) is 30.7 Å². The van der Waals surface area contributed by atoms with E-state index in [2.05, 4.69) is 30.5 Å². The lowest BCUT2D eigenvalue weighted by molar-refractivity contribution is -0.115. The minimum absolute atomic E-state index is 0.110. The summed E-state index contributed by atoms with van der Waals surface area (Å²) in [6, 6.07) is 25.6. The van der Waals surface area contributed by atoms with Gasteiger partial charge in [0.05, 0.1) is 29.3 Å². The van der Waals surface area contributed by atoms with Crippen LogP contribution < -0.4 is 5.32 Å². The van der Waals surface area contributed by atoms with Crippen LogP contribution in [0.25, 0.3) is 55.8 Å². The molecule has 0 aliphatic carbocycles. The lowest BCUT2D eigenvalue weighted by atomic mass is 10.0. The standard InChI is InChI=1S/C32H22FN7O/c33-23-9-6-20(7-10-23)25-12-13-35-31-29(25)37-32(38-31)30-26-16-21(8-11-27(26)39-40-30)22-15-24(18-34-17-22)36-28(41)14-19-4-2-1-3-5-19/h1-13,15-18H,14H2,(H,36,41)(H,39,40)(H,35,37,38). The summed E-state index contributed by atoms with van der Waals surface area (Å²) in [5.41, 5.74) is 7.81. The molecule has 9 heteroatoms. The number of H-pyrrole nitrogens is 2. The Kier molecular flexibility index (Phi) is 6.01. The van der Waals surface area contributed by atoms with Crippen LogP contribution in [0.15, 0.2) is 104 Å². The summed E-state index contributed by atoms with van der Waals surface area (Å²) in [6.07, 6.45) is 5.36. The minimum atomic E-state index is -0.293. The molecule has 0 saturated heterocycles. The largest absolute Gasteiger partial charge is 0.335 e. The second kappa shape index (κ2) is 10.1. The number of hydrogen-bond acceptors (Lipinski definition) is 5. The van der Waals surface area contributed by atoms with Crippen LogP contribution in [0.2, 0.25) is 0 Å². The molecule has 1 amide bonds. The Bertz CT molecular complexity index is 2030. The van der Waals surface area contributed by atoms with Crippen molar-refractivity contribution in [2.45, 2.75) is 6.42 Å². The van der Waals surface area contributed by atoms with E-state index in [9.17, 15) is 9.18 Å². The van der Waals surface area contributed by atoms with Crippen molar-refractivity contribution < 1.29 is 9.18 Å². The predicted octanol–water partition coefficient (Wildman–Crippen LogP) is 6.55. The number of aromatic nitrogens is 6. The number of carbonyl (C=O) groups excluding carboxylic acids is 1. The first-order valence-electron chi connectivity index (χ1n) is 13.0. The van der Waals surface area contributed by atoms with Crippen LogP contribution in [0.1, 0.15) is 5.56 Å². The van der Waals surface area contributed by atoms with Crippen molar-refractivity contribution in [1.82, 2.24) is 30.1 Å². The predicted molar refractivity (Wildman–Crippen MR) is 156 cm³/mol. The zero-order chi connectivity index (χ0) is 27.8. The molecule has 8 nitrogen and oxygen atoms in total. The summed E-state index contributed by atoms with van der Waals surface area (Å²) < 4.78 is 13.5. The molecule has 0 saturated carbocycles. The molecule has 7 aromatic rings. The maximum Gasteiger partial charge on any atom is 0.228 e. The van der Waals surface area contributed by atoms with E-state index in [1.165, 1.54) is 12.1 Å². The Hall–Kier alpha value is -5.70. The molecule has 4 aromatic heterocycles. The fourth-order valence-electron chi connectivity index (χ4n) is 4.92. The summed E-state index contributed by atoms with van der Waals surface area (Å²) in [5, 5.41) is 11.4. The maximum atomic E-state index is 13.5. The van der Waals surface area contributed by atoms with Gasteiger partial charge >= 0.3 is 0 Å². The molecule has 0 aliphatic rings. The number of anilines is 1. The highest BCUT2D eigenvalue weighted by Crippen LogP contribution is 2.33. The van der Waals surface area contributed by atoms with Gasteiger partial charge in [0.2, 0.25) is 5.91 Å². The van der Waals surface area contributed by atoms with Crippen molar-refractivity contribution >= 4 is 33.7 Å². The van der Waals surface area contributed by atoms with Gasteiger partial charge in [-0.15, -0.1) is 0 Å². The van der Waals surface area contributed by atoms with Gasteiger partial charge in [-0.05, 0) is 53.1 Å². The van der Waals surface area contributed by atoms with Crippen molar-refractivity contribution in [1.29, 1.82) is 0 Å². The number of pyridine rings is 2. The highest BCUT2D eigenvalue weighted by atomic mass is 19.1. The molecule has 3 aromatic carbocycles. The lowest BCUT2D eigenvalue weighted by Gasteiger charge is -2.08. The van der Waals surface area contributed by atoms with Crippen molar-refractivity contribution in [3.63, 3.8) is 0 Å². The summed E-state index contributed by atoms with van der Waals surface area (Å²) >= 11 is 0. The fraction of sp³-hybridized carbons (Fsp3) is 0.0312. The second-order valence-corrected chi connectivity index (χ2v) is 9.65. The first-order valence-corrected chi connectivity index (χ1v) is 13.0.